The highest BCUT2D eigenvalue weighted by atomic mass is 16.5. The molecule has 3 aromatic rings. The van der Waals surface area contributed by atoms with Crippen LogP contribution >= 0.6 is 0 Å². The minimum absolute atomic E-state index is 0.0438. The van der Waals surface area contributed by atoms with Gasteiger partial charge in [-0.2, -0.15) is 0 Å². The van der Waals surface area contributed by atoms with Crippen molar-refractivity contribution in [3.63, 3.8) is 0 Å². The van der Waals surface area contributed by atoms with Crippen LogP contribution in [-0.2, 0) is 11.4 Å². The first-order chi connectivity index (χ1) is 15.9. The van der Waals surface area contributed by atoms with Crippen LogP contribution in [0.5, 0.6) is 11.5 Å². The number of ether oxygens (including phenoxy) is 2. The Morgan fingerprint density at radius 2 is 1.70 bits per heavy atom. The monoisotopic (exact) mass is 445 g/mol. The third-order valence-corrected chi connectivity index (χ3v) is 4.56. The number of rotatable bonds is 8. The summed E-state index contributed by atoms with van der Waals surface area (Å²) < 4.78 is 11.0. The lowest BCUT2D eigenvalue weighted by molar-refractivity contribution is -0.128. The third kappa shape index (κ3) is 7.50. The van der Waals surface area contributed by atoms with Gasteiger partial charge in [0.1, 0.15) is 18.1 Å². The lowest BCUT2D eigenvalue weighted by atomic mass is 10.2. The first-order valence-corrected chi connectivity index (χ1v) is 10.6. The molecule has 0 fully saturated rings. The number of urea groups is 1. The van der Waals surface area contributed by atoms with Gasteiger partial charge in [0.25, 0.3) is 0 Å². The molecule has 3 rings (SSSR count). The van der Waals surface area contributed by atoms with Gasteiger partial charge in [0.05, 0.1) is 5.69 Å². The molecule has 170 valence electrons. The standard InChI is InChI=1S/C26H27N3O4/c1-19(2)28-26(31)29(3)22-10-14-24(15-11-22)33-25(30)16-9-20-7-12-23(13-8-20)32-18-21-6-4-5-17-27-21/h4-17,19H,18H2,1-3H3,(H,28,31)/b16-9+. The van der Waals surface area contributed by atoms with E-state index >= 15 is 0 Å². The van der Waals surface area contributed by atoms with Crippen LogP contribution in [0.25, 0.3) is 6.08 Å². The zero-order valence-electron chi connectivity index (χ0n) is 18.9. The van der Waals surface area contributed by atoms with Crippen LogP contribution in [0, 0.1) is 0 Å². The van der Waals surface area contributed by atoms with Gasteiger partial charge in [0.2, 0.25) is 0 Å². The molecule has 0 atom stereocenters. The van der Waals surface area contributed by atoms with Crippen molar-refractivity contribution in [1.29, 1.82) is 0 Å². The SMILES string of the molecule is CC(C)NC(=O)N(C)c1ccc(OC(=O)/C=C/c2ccc(OCc3ccccn3)cc2)cc1. The second-order valence-corrected chi connectivity index (χ2v) is 7.59. The van der Waals surface area contributed by atoms with Crippen molar-refractivity contribution in [3.05, 3.63) is 90.3 Å². The summed E-state index contributed by atoms with van der Waals surface area (Å²) in [7, 11) is 1.68. The smallest absolute Gasteiger partial charge is 0.336 e. The second kappa shape index (κ2) is 11.5. The number of anilines is 1. The molecular weight excluding hydrogens is 418 g/mol. The normalized spacial score (nSPS) is 10.8. The van der Waals surface area contributed by atoms with Crippen molar-refractivity contribution in [2.24, 2.45) is 0 Å². The largest absolute Gasteiger partial charge is 0.487 e. The van der Waals surface area contributed by atoms with Crippen LogP contribution in [0.15, 0.2) is 79.0 Å². The van der Waals surface area contributed by atoms with Gasteiger partial charge in [0.15, 0.2) is 0 Å². The number of aromatic nitrogens is 1. The van der Waals surface area contributed by atoms with Crippen LogP contribution in [-0.4, -0.2) is 30.1 Å². The molecule has 1 heterocycles. The van der Waals surface area contributed by atoms with Crippen LogP contribution in [0.1, 0.15) is 25.1 Å². The molecule has 7 nitrogen and oxygen atoms in total. The highest BCUT2D eigenvalue weighted by molar-refractivity contribution is 5.92. The van der Waals surface area contributed by atoms with E-state index in [1.165, 1.54) is 11.0 Å². The molecule has 33 heavy (non-hydrogen) atoms. The summed E-state index contributed by atoms with van der Waals surface area (Å²) in [4.78, 5) is 29.9. The second-order valence-electron chi connectivity index (χ2n) is 7.59. The van der Waals surface area contributed by atoms with Crippen LogP contribution in [0.3, 0.4) is 0 Å². The summed E-state index contributed by atoms with van der Waals surface area (Å²) >= 11 is 0. The quantitative estimate of drug-likeness (QED) is 0.305. The molecule has 0 saturated heterocycles. The van der Waals surface area contributed by atoms with Crippen molar-refractivity contribution < 1.29 is 19.1 Å². The van der Waals surface area contributed by atoms with Crippen LogP contribution in [0.4, 0.5) is 10.5 Å². The van der Waals surface area contributed by atoms with E-state index in [1.807, 2.05) is 56.3 Å². The van der Waals surface area contributed by atoms with Gasteiger partial charge < -0.3 is 14.8 Å². The van der Waals surface area contributed by atoms with Gasteiger partial charge in [-0.15, -0.1) is 0 Å². The van der Waals surface area contributed by atoms with E-state index in [0.29, 0.717) is 23.8 Å². The van der Waals surface area contributed by atoms with E-state index in [4.69, 9.17) is 9.47 Å². The van der Waals surface area contributed by atoms with E-state index < -0.39 is 5.97 Å². The van der Waals surface area contributed by atoms with E-state index in [9.17, 15) is 9.59 Å². The molecule has 1 aromatic heterocycles. The Morgan fingerprint density at radius 3 is 2.33 bits per heavy atom. The number of carbonyl (C=O) groups excluding carboxylic acids is 2. The van der Waals surface area contributed by atoms with E-state index in [-0.39, 0.29) is 12.1 Å². The number of hydrogen-bond acceptors (Lipinski definition) is 5. The number of benzene rings is 2. The molecule has 0 aliphatic carbocycles. The van der Waals surface area contributed by atoms with Gasteiger partial charge in [-0.05, 0) is 74.0 Å². The summed E-state index contributed by atoms with van der Waals surface area (Å²) in [6.07, 6.45) is 4.76. The molecule has 0 saturated carbocycles. The van der Waals surface area contributed by atoms with Gasteiger partial charge in [-0.1, -0.05) is 18.2 Å². The molecule has 0 bridgehead atoms. The summed E-state index contributed by atoms with van der Waals surface area (Å²) in [6.45, 7) is 4.18. The molecule has 0 spiro atoms. The van der Waals surface area contributed by atoms with Gasteiger partial charge in [-0.25, -0.2) is 9.59 Å². The Balaban J connectivity index is 1.49. The summed E-state index contributed by atoms with van der Waals surface area (Å²) in [5.41, 5.74) is 2.38. The number of pyridine rings is 1. The average Bonchev–Trinajstić information content (AvgIpc) is 2.82. The summed E-state index contributed by atoms with van der Waals surface area (Å²) in [6, 6.07) is 19.6. The molecule has 0 unspecified atom stereocenters. The molecule has 2 amide bonds. The first-order valence-electron chi connectivity index (χ1n) is 10.6. The van der Waals surface area contributed by atoms with E-state index in [2.05, 4.69) is 10.3 Å². The van der Waals surface area contributed by atoms with E-state index in [0.717, 1.165) is 11.3 Å². The minimum atomic E-state index is -0.496. The molecule has 1 N–H and O–H groups in total. The number of esters is 1. The van der Waals surface area contributed by atoms with E-state index in [1.54, 1.807) is 43.6 Å². The highest BCUT2D eigenvalue weighted by Gasteiger charge is 2.12. The highest BCUT2D eigenvalue weighted by Crippen LogP contribution is 2.19. The number of amides is 2. The number of nitrogens with zero attached hydrogens (tertiary/aromatic N) is 2. The van der Waals surface area contributed by atoms with Gasteiger partial charge >= 0.3 is 12.0 Å². The first kappa shape index (κ1) is 23.5. The van der Waals surface area contributed by atoms with Crippen molar-refractivity contribution in [3.8, 4) is 11.5 Å². The molecule has 0 aliphatic rings. The van der Waals surface area contributed by atoms with Crippen LogP contribution in [0.2, 0.25) is 0 Å². The van der Waals surface area contributed by atoms with Crippen LogP contribution < -0.4 is 19.7 Å². The number of carbonyl (C=O) groups is 2. The topological polar surface area (TPSA) is 80.8 Å². The maximum Gasteiger partial charge on any atom is 0.336 e. The summed E-state index contributed by atoms with van der Waals surface area (Å²) in [5, 5.41) is 2.82. The molecular formula is C26H27N3O4. The Bertz CT molecular complexity index is 1080. The zero-order valence-corrected chi connectivity index (χ0v) is 18.9. The minimum Gasteiger partial charge on any atom is -0.487 e. The van der Waals surface area contributed by atoms with Gasteiger partial charge in [0, 0.05) is 31.0 Å². The number of nitrogens with one attached hydrogen (secondary N) is 1. The van der Waals surface area contributed by atoms with Crippen molar-refractivity contribution in [2.75, 3.05) is 11.9 Å². The Kier molecular flexibility index (Phi) is 8.18. The fourth-order valence-electron chi connectivity index (χ4n) is 2.83. The van der Waals surface area contributed by atoms with Crippen molar-refractivity contribution in [1.82, 2.24) is 10.3 Å². The average molecular weight is 446 g/mol. The fourth-order valence-corrected chi connectivity index (χ4v) is 2.83. The zero-order chi connectivity index (χ0) is 23.6. The number of hydrogen-bond donors (Lipinski definition) is 1. The molecule has 2 aromatic carbocycles. The third-order valence-electron chi connectivity index (χ3n) is 4.56. The fraction of sp³-hybridized carbons (Fsp3) is 0.192. The van der Waals surface area contributed by atoms with Crippen molar-refractivity contribution >= 4 is 23.8 Å². The maximum absolute atomic E-state index is 12.1. The lowest BCUT2D eigenvalue weighted by Crippen LogP contribution is -2.40. The predicted molar refractivity (Wildman–Crippen MR) is 128 cm³/mol. The molecule has 0 radical (unpaired) electrons. The maximum atomic E-state index is 12.1. The lowest BCUT2D eigenvalue weighted by Gasteiger charge is -2.19. The summed E-state index contributed by atoms with van der Waals surface area (Å²) in [5.74, 6) is 0.612. The van der Waals surface area contributed by atoms with Gasteiger partial charge in [-0.3, -0.25) is 9.88 Å². The molecule has 7 heteroatoms. The van der Waals surface area contributed by atoms with Crippen molar-refractivity contribution in [2.45, 2.75) is 26.5 Å². The Labute approximate surface area is 193 Å². The Morgan fingerprint density at radius 1 is 1.00 bits per heavy atom. The predicted octanol–water partition coefficient (Wildman–Crippen LogP) is 4.83. The Hall–Kier alpha value is -4.13. The molecule has 0 aliphatic heterocycles.